The SMILES string of the molecule is O=C1CC(Nc2cc3c(cn2)nc(Nc2c(F)cc(F)cc2F)n3CCO)CCN1. The van der Waals surface area contributed by atoms with Crippen molar-refractivity contribution in [3.63, 3.8) is 0 Å². The Kier molecular flexibility index (Phi) is 5.44. The van der Waals surface area contributed by atoms with E-state index in [9.17, 15) is 23.1 Å². The normalized spacial score (nSPS) is 16.5. The molecule has 30 heavy (non-hydrogen) atoms. The van der Waals surface area contributed by atoms with Crippen LogP contribution in [-0.4, -0.2) is 44.7 Å². The third-order valence-corrected chi connectivity index (χ3v) is 4.80. The van der Waals surface area contributed by atoms with Gasteiger partial charge in [0.25, 0.3) is 0 Å². The van der Waals surface area contributed by atoms with Gasteiger partial charge in [-0.05, 0) is 6.42 Å². The summed E-state index contributed by atoms with van der Waals surface area (Å²) in [5.41, 5.74) is 0.443. The Morgan fingerprint density at radius 1 is 1.23 bits per heavy atom. The Morgan fingerprint density at radius 2 is 2.00 bits per heavy atom. The van der Waals surface area contributed by atoms with Crippen molar-refractivity contribution in [3.8, 4) is 0 Å². The summed E-state index contributed by atoms with van der Waals surface area (Å²) in [6.07, 6.45) is 2.56. The smallest absolute Gasteiger partial charge is 0.222 e. The number of aliphatic hydroxyl groups is 1. The topological polar surface area (TPSA) is 104 Å². The van der Waals surface area contributed by atoms with Gasteiger partial charge in [0.1, 0.15) is 22.8 Å². The van der Waals surface area contributed by atoms with Gasteiger partial charge in [-0.15, -0.1) is 0 Å². The number of piperidine rings is 1. The molecule has 1 aliphatic rings. The second-order valence-corrected chi connectivity index (χ2v) is 6.92. The number of benzene rings is 1. The summed E-state index contributed by atoms with van der Waals surface area (Å²) >= 11 is 0. The van der Waals surface area contributed by atoms with E-state index in [1.54, 1.807) is 6.07 Å². The molecule has 11 heteroatoms. The monoisotopic (exact) mass is 420 g/mol. The fourth-order valence-corrected chi connectivity index (χ4v) is 3.42. The van der Waals surface area contributed by atoms with Crippen LogP contribution in [0.4, 0.5) is 30.6 Å². The predicted octanol–water partition coefficient (Wildman–Crippen LogP) is 2.27. The molecular formula is C19H19F3N6O2. The maximum atomic E-state index is 14.0. The van der Waals surface area contributed by atoms with Crippen LogP contribution in [0.25, 0.3) is 11.0 Å². The van der Waals surface area contributed by atoms with Crippen LogP contribution in [0.5, 0.6) is 0 Å². The second-order valence-electron chi connectivity index (χ2n) is 6.92. The number of rotatable bonds is 6. The number of aromatic nitrogens is 3. The first-order valence-electron chi connectivity index (χ1n) is 9.36. The number of halogens is 3. The first-order chi connectivity index (χ1) is 14.4. The maximum absolute atomic E-state index is 14.0. The second kappa shape index (κ2) is 8.19. The lowest BCUT2D eigenvalue weighted by Crippen LogP contribution is -2.39. The van der Waals surface area contributed by atoms with Crippen molar-refractivity contribution in [2.24, 2.45) is 0 Å². The van der Waals surface area contributed by atoms with Crippen molar-refractivity contribution in [3.05, 3.63) is 41.8 Å². The number of anilines is 3. The van der Waals surface area contributed by atoms with Crippen molar-refractivity contribution in [2.45, 2.75) is 25.4 Å². The summed E-state index contributed by atoms with van der Waals surface area (Å²) in [6.45, 7) is 0.422. The molecule has 158 valence electrons. The van der Waals surface area contributed by atoms with Crippen LogP contribution in [0.3, 0.4) is 0 Å². The number of carbonyl (C=O) groups excluding carboxylic acids is 1. The van der Waals surface area contributed by atoms with Gasteiger partial charge in [0.15, 0.2) is 11.6 Å². The average Bonchev–Trinajstić information content (AvgIpc) is 3.02. The molecule has 1 atom stereocenters. The number of hydrogen-bond acceptors (Lipinski definition) is 6. The van der Waals surface area contributed by atoms with Crippen LogP contribution in [0, 0.1) is 17.5 Å². The number of nitrogens with zero attached hydrogens (tertiary/aromatic N) is 3. The number of fused-ring (bicyclic) bond motifs is 1. The fourth-order valence-electron chi connectivity index (χ4n) is 3.42. The van der Waals surface area contributed by atoms with E-state index >= 15 is 0 Å². The highest BCUT2D eigenvalue weighted by Gasteiger charge is 2.21. The molecule has 3 heterocycles. The van der Waals surface area contributed by atoms with E-state index < -0.39 is 23.1 Å². The van der Waals surface area contributed by atoms with Crippen LogP contribution >= 0.6 is 0 Å². The first kappa shape index (κ1) is 20.0. The quantitative estimate of drug-likeness (QED) is 0.488. The standard InChI is InChI=1S/C19H19F3N6O2/c20-10-5-12(21)18(13(22)6-10)27-19-26-14-9-24-16(8-15(14)28(19)3-4-29)25-11-1-2-23-17(30)7-11/h5-6,8-9,11,29H,1-4,7H2,(H,23,30)(H,24,25)(H,26,27). The molecular weight excluding hydrogens is 401 g/mol. The van der Waals surface area contributed by atoms with Crippen LogP contribution in [0.1, 0.15) is 12.8 Å². The highest BCUT2D eigenvalue weighted by atomic mass is 19.1. The van der Waals surface area contributed by atoms with Crippen LogP contribution < -0.4 is 16.0 Å². The van der Waals surface area contributed by atoms with Gasteiger partial charge < -0.3 is 25.6 Å². The van der Waals surface area contributed by atoms with E-state index in [1.807, 2.05) is 0 Å². The van der Waals surface area contributed by atoms with Gasteiger partial charge >= 0.3 is 0 Å². The third-order valence-electron chi connectivity index (χ3n) is 4.80. The summed E-state index contributed by atoms with van der Waals surface area (Å²) in [4.78, 5) is 20.1. The Morgan fingerprint density at radius 3 is 2.70 bits per heavy atom. The lowest BCUT2D eigenvalue weighted by molar-refractivity contribution is -0.122. The van der Waals surface area contributed by atoms with Gasteiger partial charge in [0.2, 0.25) is 11.9 Å². The Bertz CT molecular complexity index is 1080. The Labute approximate surface area is 169 Å². The predicted molar refractivity (Wildman–Crippen MR) is 104 cm³/mol. The number of carbonyl (C=O) groups is 1. The number of pyridine rings is 1. The molecule has 0 spiro atoms. The lowest BCUT2D eigenvalue weighted by atomic mass is 10.1. The Balaban J connectivity index is 1.67. The van der Waals surface area contributed by atoms with Crippen LogP contribution in [0.2, 0.25) is 0 Å². The number of amides is 1. The Hall–Kier alpha value is -3.34. The van der Waals surface area contributed by atoms with Gasteiger partial charge in [-0.3, -0.25) is 4.79 Å². The molecule has 1 aliphatic heterocycles. The number of aliphatic hydroxyl groups excluding tert-OH is 1. The highest BCUT2D eigenvalue weighted by molar-refractivity contribution is 5.82. The van der Waals surface area contributed by atoms with Crippen molar-refractivity contribution in [1.82, 2.24) is 19.9 Å². The molecule has 2 aromatic heterocycles. The van der Waals surface area contributed by atoms with E-state index in [2.05, 4.69) is 25.9 Å². The van der Waals surface area contributed by atoms with Crippen LogP contribution in [0.15, 0.2) is 24.4 Å². The van der Waals surface area contributed by atoms with E-state index in [0.717, 1.165) is 6.42 Å². The zero-order chi connectivity index (χ0) is 21.3. The lowest BCUT2D eigenvalue weighted by Gasteiger charge is -2.23. The third kappa shape index (κ3) is 4.01. The van der Waals surface area contributed by atoms with Crippen molar-refractivity contribution in [2.75, 3.05) is 23.8 Å². The molecule has 8 nitrogen and oxygen atoms in total. The minimum atomic E-state index is -1.11. The molecule has 3 aromatic rings. The summed E-state index contributed by atoms with van der Waals surface area (Å²) in [5.74, 6) is -2.71. The molecule has 4 rings (SSSR count). The van der Waals surface area contributed by atoms with Gasteiger partial charge in [-0.2, -0.15) is 0 Å². The molecule has 1 unspecified atom stereocenters. The van der Waals surface area contributed by atoms with E-state index in [1.165, 1.54) is 10.8 Å². The zero-order valence-electron chi connectivity index (χ0n) is 15.8. The zero-order valence-corrected chi connectivity index (χ0v) is 15.8. The summed E-state index contributed by atoms with van der Waals surface area (Å²) in [7, 11) is 0. The summed E-state index contributed by atoms with van der Waals surface area (Å²) in [6, 6.07) is 2.74. The van der Waals surface area contributed by atoms with Gasteiger partial charge in [0, 0.05) is 43.8 Å². The van der Waals surface area contributed by atoms with Crippen molar-refractivity contribution >= 4 is 34.4 Å². The van der Waals surface area contributed by atoms with E-state index in [0.29, 0.717) is 41.9 Å². The number of imidazole rings is 1. The van der Waals surface area contributed by atoms with Crippen molar-refractivity contribution in [1.29, 1.82) is 0 Å². The molecule has 1 aromatic carbocycles. The average molecular weight is 420 g/mol. The molecule has 0 bridgehead atoms. The molecule has 0 aliphatic carbocycles. The number of hydrogen-bond donors (Lipinski definition) is 4. The molecule has 1 fully saturated rings. The molecule has 1 amide bonds. The van der Waals surface area contributed by atoms with Gasteiger partial charge in [0.05, 0.1) is 18.3 Å². The minimum absolute atomic E-state index is 0.0417. The van der Waals surface area contributed by atoms with Gasteiger partial charge in [-0.1, -0.05) is 0 Å². The van der Waals surface area contributed by atoms with E-state index in [4.69, 9.17) is 0 Å². The largest absolute Gasteiger partial charge is 0.395 e. The fraction of sp³-hybridized carbons (Fsp3) is 0.316. The minimum Gasteiger partial charge on any atom is -0.395 e. The maximum Gasteiger partial charge on any atom is 0.222 e. The highest BCUT2D eigenvalue weighted by Crippen LogP contribution is 2.28. The van der Waals surface area contributed by atoms with Crippen molar-refractivity contribution < 1.29 is 23.1 Å². The summed E-state index contributed by atoms with van der Waals surface area (Å²) in [5, 5.41) is 17.9. The van der Waals surface area contributed by atoms with Crippen LogP contribution in [-0.2, 0) is 11.3 Å². The molecule has 1 saturated heterocycles. The van der Waals surface area contributed by atoms with E-state index in [-0.39, 0.29) is 31.0 Å². The summed E-state index contributed by atoms with van der Waals surface area (Å²) < 4.78 is 42.8. The molecule has 0 radical (unpaired) electrons. The first-order valence-corrected chi connectivity index (χ1v) is 9.36. The van der Waals surface area contributed by atoms with Gasteiger partial charge in [-0.25, -0.2) is 23.1 Å². The number of nitrogens with one attached hydrogen (secondary N) is 3. The molecule has 4 N–H and O–H groups in total. The molecule has 0 saturated carbocycles.